The number of rotatable bonds is 7. The van der Waals surface area contributed by atoms with E-state index in [2.05, 4.69) is 44.5 Å². The number of hydrogen-bond donors (Lipinski definition) is 1. The Balaban J connectivity index is 1.40. The van der Waals surface area contributed by atoms with Gasteiger partial charge in [-0.25, -0.2) is 14.4 Å². The van der Waals surface area contributed by atoms with E-state index in [9.17, 15) is 14.5 Å². The highest BCUT2D eigenvalue weighted by molar-refractivity contribution is 5.74. The van der Waals surface area contributed by atoms with Gasteiger partial charge in [-0.05, 0) is 23.3 Å². The fourth-order valence-electron chi connectivity index (χ4n) is 4.63. The number of nitro groups is 1. The van der Waals surface area contributed by atoms with Gasteiger partial charge < -0.3 is 10.2 Å². The predicted molar refractivity (Wildman–Crippen MR) is 137 cm³/mol. The summed E-state index contributed by atoms with van der Waals surface area (Å²) in [5.41, 5.74) is 2.24. The lowest BCUT2D eigenvalue weighted by molar-refractivity contribution is -0.383. The zero-order chi connectivity index (χ0) is 24.9. The molecule has 1 aliphatic heterocycles. The van der Waals surface area contributed by atoms with Gasteiger partial charge in [0.15, 0.2) is 0 Å². The number of benzene rings is 3. The second-order valence-electron chi connectivity index (χ2n) is 8.50. The van der Waals surface area contributed by atoms with Crippen molar-refractivity contribution in [2.45, 2.75) is 6.04 Å². The summed E-state index contributed by atoms with van der Waals surface area (Å²) in [4.78, 5) is 24.1. The Labute approximate surface area is 208 Å². The molecule has 5 rings (SSSR count). The van der Waals surface area contributed by atoms with Crippen molar-refractivity contribution in [2.24, 2.45) is 0 Å². The first-order valence-corrected chi connectivity index (χ1v) is 11.7. The van der Waals surface area contributed by atoms with Gasteiger partial charge in [0.05, 0.1) is 16.7 Å². The zero-order valence-electron chi connectivity index (χ0n) is 19.5. The number of nitrogens with zero attached hydrogens (tertiary/aromatic N) is 5. The Morgan fingerprint density at radius 1 is 0.833 bits per heavy atom. The van der Waals surface area contributed by atoms with E-state index in [1.165, 1.54) is 29.6 Å². The van der Waals surface area contributed by atoms with Crippen molar-refractivity contribution in [3.8, 4) is 0 Å². The van der Waals surface area contributed by atoms with Gasteiger partial charge in [-0.15, -0.1) is 0 Å². The average Bonchev–Trinajstić information content (AvgIpc) is 2.91. The zero-order valence-corrected chi connectivity index (χ0v) is 19.5. The molecule has 4 aromatic rings. The summed E-state index contributed by atoms with van der Waals surface area (Å²) in [6.45, 7) is 2.47. The predicted octanol–water partition coefficient (Wildman–Crippen LogP) is 5.18. The average molecular weight is 485 g/mol. The molecule has 0 saturated carbocycles. The lowest BCUT2D eigenvalue weighted by atomic mass is 9.96. The van der Waals surface area contributed by atoms with E-state index in [0.717, 1.165) is 0 Å². The molecule has 182 valence electrons. The van der Waals surface area contributed by atoms with E-state index in [1.54, 1.807) is 12.1 Å². The van der Waals surface area contributed by atoms with Crippen LogP contribution < -0.4 is 10.2 Å². The Morgan fingerprint density at radius 2 is 1.42 bits per heavy atom. The summed E-state index contributed by atoms with van der Waals surface area (Å²) in [5.74, 6) is -0.332. The topological polar surface area (TPSA) is 87.4 Å². The first kappa shape index (κ1) is 23.4. The molecule has 2 heterocycles. The standard InChI is InChI=1S/C27H25FN6O2/c28-22-13-7-8-14-23(22)31-26-25(34(35)36)27(30-19-29-26)33-17-15-32(16-18-33)24(20-9-3-1-4-10-20)21-11-5-2-6-12-21/h1-14,19,24H,15-18H2,(H,29,30,31). The number of aromatic nitrogens is 2. The third kappa shape index (κ3) is 4.87. The lowest BCUT2D eigenvalue weighted by Gasteiger charge is -2.40. The number of para-hydroxylation sites is 1. The molecule has 1 aromatic heterocycles. The van der Waals surface area contributed by atoms with Crippen LogP contribution in [0, 0.1) is 15.9 Å². The van der Waals surface area contributed by atoms with Crippen molar-refractivity contribution in [3.63, 3.8) is 0 Å². The largest absolute Gasteiger partial charge is 0.353 e. The van der Waals surface area contributed by atoms with E-state index in [0.29, 0.717) is 26.2 Å². The maximum absolute atomic E-state index is 14.2. The molecule has 1 saturated heterocycles. The summed E-state index contributed by atoms with van der Waals surface area (Å²) in [7, 11) is 0. The van der Waals surface area contributed by atoms with E-state index in [4.69, 9.17) is 0 Å². The van der Waals surface area contributed by atoms with Crippen LogP contribution in [0.4, 0.5) is 27.4 Å². The highest BCUT2D eigenvalue weighted by atomic mass is 19.1. The minimum absolute atomic E-state index is 0.0380. The van der Waals surface area contributed by atoms with Gasteiger partial charge in [0, 0.05) is 26.2 Å². The summed E-state index contributed by atoms with van der Waals surface area (Å²) >= 11 is 0. The third-order valence-corrected chi connectivity index (χ3v) is 6.32. The fraction of sp³-hybridized carbons (Fsp3) is 0.185. The molecule has 0 bridgehead atoms. The molecule has 0 radical (unpaired) electrons. The number of anilines is 3. The van der Waals surface area contributed by atoms with Crippen LogP contribution in [-0.2, 0) is 0 Å². The van der Waals surface area contributed by atoms with Crippen LogP contribution in [0.25, 0.3) is 0 Å². The van der Waals surface area contributed by atoms with E-state index >= 15 is 0 Å². The van der Waals surface area contributed by atoms with Gasteiger partial charge in [-0.3, -0.25) is 15.0 Å². The molecule has 8 nitrogen and oxygen atoms in total. The smallest absolute Gasteiger partial charge is 0.348 e. The van der Waals surface area contributed by atoms with E-state index in [1.807, 2.05) is 41.3 Å². The van der Waals surface area contributed by atoms with E-state index < -0.39 is 10.7 Å². The molecule has 0 unspecified atom stereocenters. The maximum atomic E-state index is 14.2. The highest BCUT2D eigenvalue weighted by Crippen LogP contribution is 2.36. The summed E-state index contributed by atoms with van der Waals surface area (Å²) in [6, 6.07) is 26.7. The van der Waals surface area contributed by atoms with Gasteiger partial charge in [0.25, 0.3) is 0 Å². The number of piperazine rings is 1. The summed E-state index contributed by atoms with van der Waals surface area (Å²) < 4.78 is 14.2. The second-order valence-corrected chi connectivity index (χ2v) is 8.50. The van der Waals surface area contributed by atoms with Crippen molar-refractivity contribution in [3.05, 3.63) is 118 Å². The monoisotopic (exact) mass is 484 g/mol. The van der Waals surface area contributed by atoms with Crippen molar-refractivity contribution in [2.75, 3.05) is 36.4 Å². The van der Waals surface area contributed by atoms with E-state index in [-0.39, 0.29) is 29.1 Å². The number of halogens is 1. The minimum Gasteiger partial charge on any atom is -0.348 e. The molecule has 1 fully saturated rings. The number of hydrogen-bond acceptors (Lipinski definition) is 7. The first-order valence-electron chi connectivity index (χ1n) is 11.7. The van der Waals surface area contributed by atoms with Crippen LogP contribution in [0.1, 0.15) is 17.2 Å². The molecule has 1 aliphatic rings. The number of nitrogens with one attached hydrogen (secondary N) is 1. The van der Waals surface area contributed by atoms with Crippen molar-refractivity contribution < 1.29 is 9.31 Å². The summed E-state index contributed by atoms with van der Waals surface area (Å²) in [6.07, 6.45) is 1.27. The molecular weight excluding hydrogens is 459 g/mol. The molecule has 9 heteroatoms. The van der Waals surface area contributed by atoms with Crippen LogP contribution in [0.15, 0.2) is 91.3 Å². The Hall–Kier alpha value is -4.37. The Kier molecular flexibility index (Phi) is 6.81. The highest BCUT2D eigenvalue weighted by Gasteiger charge is 2.32. The van der Waals surface area contributed by atoms with Gasteiger partial charge in [0.1, 0.15) is 12.1 Å². The van der Waals surface area contributed by atoms with Gasteiger partial charge in [-0.1, -0.05) is 72.8 Å². The molecule has 1 N–H and O–H groups in total. The molecule has 3 aromatic carbocycles. The van der Waals surface area contributed by atoms with Gasteiger partial charge >= 0.3 is 5.69 Å². The van der Waals surface area contributed by atoms with Crippen LogP contribution in [-0.4, -0.2) is 46.0 Å². The van der Waals surface area contributed by atoms with Gasteiger partial charge in [0.2, 0.25) is 11.6 Å². The van der Waals surface area contributed by atoms with Crippen molar-refractivity contribution >= 4 is 23.0 Å². The first-order chi connectivity index (χ1) is 17.6. The molecule has 0 spiro atoms. The molecule has 0 aliphatic carbocycles. The van der Waals surface area contributed by atoms with Crippen molar-refractivity contribution in [1.82, 2.24) is 14.9 Å². The van der Waals surface area contributed by atoms with Gasteiger partial charge in [-0.2, -0.15) is 0 Å². The van der Waals surface area contributed by atoms with Crippen LogP contribution in [0.2, 0.25) is 0 Å². The Morgan fingerprint density at radius 3 is 2.00 bits per heavy atom. The third-order valence-electron chi connectivity index (χ3n) is 6.32. The summed E-state index contributed by atoms with van der Waals surface area (Å²) in [5, 5.41) is 14.8. The van der Waals surface area contributed by atoms with Crippen LogP contribution in [0.5, 0.6) is 0 Å². The normalized spacial score (nSPS) is 14.1. The molecule has 0 amide bonds. The molecule has 0 atom stereocenters. The molecule has 36 heavy (non-hydrogen) atoms. The van der Waals surface area contributed by atoms with Crippen LogP contribution >= 0.6 is 0 Å². The SMILES string of the molecule is O=[N+]([O-])c1c(Nc2ccccc2F)ncnc1N1CCN(C(c2ccccc2)c2ccccc2)CC1. The Bertz CT molecular complexity index is 1290. The second kappa shape index (κ2) is 10.5. The van der Waals surface area contributed by atoms with Crippen LogP contribution in [0.3, 0.4) is 0 Å². The quantitative estimate of drug-likeness (QED) is 0.286. The van der Waals surface area contributed by atoms with Crippen molar-refractivity contribution in [1.29, 1.82) is 0 Å². The fourth-order valence-corrected chi connectivity index (χ4v) is 4.63. The minimum atomic E-state index is -0.520. The lowest BCUT2D eigenvalue weighted by Crippen LogP contribution is -2.48. The molecular formula is C27H25FN6O2. The maximum Gasteiger partial charge on any atom is 0.353 e.